The van der Waals surface area contributed by atoms with E-state index < -0.39 is 6.10 Å². The Morgan fingerprint density at radius 3 is 2.63 bits per heavy atom. The van der Waals surface area contributed by atoms with E-state index in [1.165, 1.54) is 5.69 Å². The number of H-pyrrole nitrogens is 1. The van der Waals surface area contributed by atoms with Crippen molar-refractivity contribution in [2.45, 2.75) is 31.4 Å². The molecule has 0 unspecified atom stereocenters. The molecular formula is C22H26N4O3S. The van der Waals surface area contributed by atoms with Crippen LogP contribution in [0.25, 0.3) is 0 Å². The number of benzene rings is 1. The van der Waals surface area contributed by atoms with Crippen LogP contribution < -0.4 is 15.1 Å². The maximum atomic E-state index is 11.3. The predicted octanol–water partition coefficient (Wildman–Crippen LogP) is 2.42. The highest BCUT2D eigenvalue weighted by molar-refractivity contribution is 7.09. The standard InChI is InChI=1S/C22H26N4O3S/c27-19(16-2-1-9-23-13-16)14-24-17-7-10-26(11-8-17)18-5-3-15(4-6-18)12-20-21(28)25-22(29)30-20/h1-6,9,13,17,19,24,27-28H,7-8,10-12,14H2,(H,25,29)/t19-/m0/s1. The summed E-state index contributed by atoms with van der Waals surface area (Å²) in [6.07, 6.45) is 5.46. The number of nitrogens with zero attached hydrogens (tertiary/aromatic N) is 2. The first-order valence-electron chi connectivity index (χ1n) is 10.1. The van der Waals surface area contributed by atoms with Crippen LogP contribution in [0.1, 0.15) is 34.9 Å². The number of rotatable bonds is 7. The van der Waals surface area contributed by atoms with Gasteiger partial charge in [0.05, 0.1) is 11.0 Å². The molecule has 4 rings (SSSR count). The van der Waals surface area contributed by atoms with Crippen LogP contribution in [-0.2, 0) is 6.42 Å². The summed E-state index contributed by atoms with van der Waals surface area (Å²) < 4.78 is 0. The van der Waals surface area contributed by atoms with E-state index in [1.807, 2.05) is 24.3 Å². The monoisotopic (exact) mass is 426 g/mol. The van der Waals surface area contributed by atoms with Gasteiger partial charge < -0.3 is 20.4 Å². The van der Waals surface area contributed by atoms with Gasteiger partial charge in [0.1, 0.15) is 0 Å². The second kappa shape index (κ2) is 9.42. The Hall–Kier alpha value is -2.68. The number of aliphatic hydroxyl groups is 1. The Morgan fingerprint density at radius 2 is 2.00 bits per heavy atom. The molecule has 0 bridgehead atoms. The molecule has 3 heterocycles. The Labute approximate surface area is 179 Å². The molecule has 0 radical (unpaired) electrons. The summed E-state index contributed by atoms with van der Waals surface area (Å²) in [5, 5.41) is 23.5. The highest BCUT2D eigenvalue weighted by Gasteiger charge is 2.20. The average Bonchev–Trinajstić information content (AvgIpc) is 3.10. The maximum Gasteiger partial charge on any atom is 0.307 e. The smallest absolute Gasteiger partial charge is 0.307 e. The van der Waals surface area contributed by atoms with Gasteiger partial charge in [-0.05, 0) is 36.6 Å². The lowest BCUT2D eigenvalue weighted by atomic mass is 10.0. The SMILES string of the molecule is O=c1[nH]c(O)c(Cc2ccc(N3CCC(NC[C@H](O)c4cccnc4)CC3)cc2)s1. The second-order valence-electron chi connectivity index (χ2n) is 7.60. The first-order valence-corrected chi connectivity index (χ1v) is 11.0. The van der Waals surface area contributed by atoms with Gasteiger partial charge in [-0.3, -0.25) is 14.8 Å². The van der Waals surface area contributed by atoms with E-state index in [9.17, 15) is 15.0 Å². The first-order chi connectivity index (χ1) is 14.6. The minimum absolute atomic E-state index is 0.0303. The summed E-state index contributed by atoms with van der Waals surface area (Å²) in [5.74, 6) is -0.0303. The van der Waals surface area contributed by atoms with E-state index in [-0.39, 0.29) is 10.8 Å². The van der Waals surface area contributed by atoms with Crippen LogP contribution in [0.3, 0.4) is 0 Å². The van der Waals surface area contributed by atoms with Crippen molar-refractivity contribution < 1.29 is 10.2 Å². The molecule has 4 N–H and O–H groups in total. The fourth-order valence-electron chi connectivity index (χ4n) is 3.79. The van der Waals surface area contributed by atoms with E-state index in [2.05, 4.69) is 32.3 Å². The van der Waals surface area contributed by atoms with Gasteiger partial charge in [0.25, 0.3) is 0 Å². The van der Waals surface area contributed by atoms with Gasteiger partial charge in [-0.2, -0.15) is 0 Å². The highest BCUT2D eigenvalue weighted by atomic mass is 32.1. The number of hydrogen-bond donors (Lipinski definition) is 4. The lowest BCUT2D eigenvalue weighted by Crippen LogP contribution is -2.43. The molecule has 8 heteroatoms. The molecule has 0 aliphatic carbocycles. The van der Waals surface area contributed by atoms with Crippen molar-refractivity contribution in [2.24, 2.45) is 0 Å². The second-order valence-corrected chi connectivity index (χ2v) is 8.67. The minimum Gasteiger partial charge on any atom is -0.494 e. The minimum atomic E-state index is -0.539. The molecule has 7 nitrogen and oxygen atoms in total. The summed E-state index contributed by atoms with van der Waals surface area (Å²) in [4.78, 5) is 20.6. The number of aromatic hydroxyl groups is 1. The van der Waals surface area contributed by atoms with Gasteiger partial charge in [0, 0.05) is 55.7 Å². The van der Waals surface area contributed by atoms with Crippen LogP contribution in [-0.4, -0.2) is 45.9 Å². The number of hydrogen-bond acceptors (Lipinski definition) is 7. The molecule has 0 saturated carbocycles. The topological polar surface area (TPSA) is 101 Å². The van der Waals surface area contributed by atoms with Crippen molar-refractivity contribution in [3.05, 3.63) is 74.5 Å². The molecule has 1 aliphatic rings. The molecule has 158 valence electrons. The third-order valence-corrected chi connectivity index (χ3v) is 6.40. The number of anilines is 1. The van der Waals surface area contributed by atoms with Gasteiger partial charge in [-0.1, -0.05) is 29.5 Å². The van der Waals surface area contributed by atoms with Crippen LogP contribution in [0.4, 0.5) is 5.69 Å². The third-order valence-electron chi connectivity index (χ3n) is 5.53. The molecule has 3 aromatic rings. The average molecular weight is 427 g/mol. The molecule has 1 fully saturated rings. The van der Waals surface area contributed by atoms with Crippen LogP contribution in [0.5, 0.6) is 5.88 Å². The zero-order valence-corrected chi connectivity index (χ0v) is 17.4. The molecule has 0 amide bonds. The fraction of sp³-hybridized carbons (Fsp3) is 0.364. The summed E-state index contributed by atoms with van der Waals surface area (Å²) in [6, 6.07) is 12.4. The first kappa shape index (κ1) is 20.6. The quantitative estimate of drug-likeness (QED) is 0.463. The van der Waals surface area contributed by atoms with Crippen LogP contribution in [0, 0.1) is 0 Å². The molecule has 1 atom stereocenters. The zero-order chi connectivity index (χ0) is 20.9. The summed E-state index contributed by atoms with van der Waals surface area (Å²) in [7, 11) is 0. The number of aliphatic hydroxyl groups excluding tert-OH is 1. The van der Waals surface area contributed by atoms with Crippen LogP contribution >= 0.6 is 11.3 Å². The van der Waals surface area contributed by atoms with Crippen molar-refractivity contribution in [1.82, 2.24) is 15.3 Å². The van der Waals surface area contributed by atoms with Crippen LogP contribution in [0.2, 0.25) is 0 Å². The van der Waals surface area contributed by atoms with Crippen molar-refractivity contribution >= 4 is 17.0 Å². The number of pyridine rings is 1. The number of thiazole rings is 1. The molecular weight excluding hydrogens is 400 g/mol. The lowest BCUT2D eigenvalue weighted by Gasteiger charge is -2.34. The van der Waals surface area contributed by atoms with Gasteiger partial charge in [-0.25, -0.2) is 0 Å². The van der Waals surface area contributed by atoms with E-state index >= 15 is 0 Å². The maximum absolute atomic E-state index is 11.3. The Bertz CT molecular complexity index is 995. The molecule has 30 heavy (non-hydrogen) atoms. The van der Waals surface area contributed by atoms with Crippen molar-refractivity contribution in [2.75, 3.05) is 24.5 Å². The molecule has 1 aromatic carbocycles. The van der Waals surface area contributed by atoms with E-state index in [1.54, 1.807) is 12.4 Å². The predicted molar refractivity (Wildman–Crippen MR) is 118 cm³/mol. The molecule has 2 aromatic heterocycles. The fourth-order valence-corrected chi connectivity index (χ4v) is 4.55. The number of nitrogens with one attached hydrogen (secondary N) is 2. The summed E-state index contributed by atoms with van der Waals surface area (Å²) >= 11 is 1.05. The summed E-state index contributed by atoms with van der Waals surface area (Å²) in [6.45, 7) is 2.45. The Kier molecular flexibility index (Phi) is 6.47. The molecule has 1 saturated heterocycles. The highest BCUT2D eigenvalue weighted by Crippen LogP contribution is 2.24. The normalized spacial score (nSPS) is 16.0. The van der Waals surface area contributed by atoms with Gasteiger partial charge >= 0.3 is 4.87 Å². The summed E-state index contributed by atoms with van der Waals surface area (Å²) in [5.41, 5.74) is 3.08. The largest absolute Gasteiger partial charge is 0.494 e. The zero-order valence-electron chi connectivity index (χ0n) is 16.6. The van der Waals surface area contributed by atoms with E-state index in [0.29, 0.717) is 23.9 Å². The molecule has 0 spiro atoms. The Balaban J connectivity index is 1.26. The Morgan fingerprint density at radius 1 is 1.23 bits per heavy atom. The third kappa shape index (κ3) is 5.08. The van der Waals surface area contributed by atoms with Crippen molar-refractivity contribution in [3.63, 3.8) is 0 Å². The van der Waals surface area contributed by atoms with Crippen molar-refractivity contribution in [1.29, 1.82) is 0 Å². The van der Waals surface area contributed by atoms with Crippen molar-refractivity contribution in [3.8, 4) is 5.88 Å². The van der Waals surface area contributed by atoms with Gasteiger partial charge in [0.2, 0.25) is 5.88 Å². The molecule has 1 aliphatic heterocycles. The van der Waals surface area contributed by atoms with E-state index in [0.717, 1.165) is 48.4 Å². The number of aromatic amines is 1. The number of piperidine rings is 1. The number of aromatic nitrogens is 2. The van der Waals surface area contributed by atoms with E-state index in [4.69, 9.17) is 0 Å². The lowest BCUT2D eigenvalue weighted by molar-refractivity contribution is 0.167. The van der Waals surface area contributed by atoms with Gasteiger partial charge in [0.15, 0.2) is 0 Å². The van der Waals surface area contributed by atoms with Gasteiger partial charge in [-0.15, -0.1) is 0 Å². The van der Waals surface area contributed by atoms with Crippen LogP contribution in [0.15, 0.2) is 53.6 Å².